The molecule has 0 bridgehead atoms. The minimum atomic E-state index is 0.116. The zero-order chi connectivity index (χ0) is 17.8. The number of thiazole rings is 1. The molecule has 4 rings (SSSR count). The Labute approximate surface area is 155 Å². The molecule has 1 aliphatic heterocycles. The molecule has 0 unspecified atom stereocenters. The van der Waals surface area contributed by atoms with Crippen LogP contribution in [0.2, 0.25) is 0 Å². The fourth-order valence-electron chi connectivity index (χ4n) is 2.89. The Morgan fingerprint density at radius 2 is 1.77 bits per heavy atom. The molecule has 8 heteroatoms. The fraction of sp³-hybridized carbons (Fsp3) is 0.278. The molecule has 3 aromatic rings. The predicted octanol–water partition coefficient (Wildman–Crippen LogP) is 1.89. The zero-order valence-electron chi connectivity index (χ0n) is 14.2. The first-order valence-electron chi connectivity index (χ1n) is 8.44. The zero-order valence-corrected chi connectivity index (χ0v) is 15.0. The summed E-state index contributed by atoms with van der Waals surface area (Å²) < 4.78 is 0. The summed E-state index contributed by atoms with van der Waals surface area (Å²) in [5.41, 5.74) is 1.85. The van der Waals surface area contributed by atoms with Crippen LogP contribution in [0.1, 0.15) is 5.69 Å². The number of hydrogen-bond donors (Lipinski definition) is 0. The first kappa shape index (κ1) is 16.6. The molecule has 0 radical (unpaired) electrons. The number of pyridine rings is 1. The average Bonchev–Trinajstić information content (AvgIpc) is 3.18. The average molecular weight is 366 g/mol. The van der Waals surface area contributed by atoms with Gasteiger partial charge in [-0.1, -0.05) is 0 Å². The molecule has 7 nitrogen and oxygen atoms in total. The molecule has 1 saturated heterocycles. The van der Waals surface area contributed by atoms with Crippen molar-refractivity contribution in [2.45, 2.75) is 6.42 Å². The van der Waals surface area contributed by atoms with Gasteiger partial charge in [0, 0.05) is 61.9 Å². The smallest absolute Gasteiger partial charge is 0.228 e. The molecule has 3 aromatic heterocycles. The van der Waals surface area contributed by atoms with Crippen molar-refractivity contribution in [3.05, 3.63) is 54.1 Å². The second-order valence-electron chi connectivity index (χ2n) is 5.97. The van der Waals surface area contributed by atoms with E-state index in [1.54, 1.807) is 42.2 Å². The van der Waals surface area contributed by atoms with E-state index in [1.165, 1.54) is 0 Å². The maximum Gasteiger partial charge on any atom is 0.228 e. The van der Waals surface area contributed by atoms with E-state index >= 15 is 0 Å². The number of carbonyl (C=O) groups is 1. The standard InChI is InChI=1S/C18H18N6OS/c25-16(12-15-13-26-17(22-15)14-2-6-19-7-3-14)23-8-10-24(11-9-23)18-20-4-1-5-21-18/h1-7,13H,8-12H2. The molecule has 26 heavy (non-hydrogen) atoms. The van der Waals surface area contributed by atoms with Crippen LogP contribution in [0.5, 0.6) is 0 Å². The number of piperazine rings is 1. The van der Waals surface area contributed by atoms with Gasteiger partial charge in [0.2, 0.25) is 11.9 Å². The van der Waals surface area contributed by atoms with Crippen molar-refractivity contribution in [2.24, 2.45) is 0 Å². The van der Waals surface area contributed by atoms with Gasteiger partial charge in [0.05, 0.1) is 12.1 Å². The summed E-state index contributed by atoms with van der Waals surface area (Å²) in [7, 11) is 0. The van der Waals surface area contributed by atoms with Gasteiger partial charge in [-0.3, -0.25) is 9.78 Å². The summed E-state index contributed by atoms with van der Waals surface area (Å²) in [4.78, 5) is 33.7. The molecular weight excluding hydrogens is 348 g/mol. The van der Waals surface area contributed by atoms with Crippen LogP contribution in [-0.4, -0.2) is 56.9 Å². The Morgan fingerprint density at radius 3 is 2.50 bits per heavy atom. The van der Waals surface area contributed by atoms with Crippen LogP contribution in [0, 0.1) is 0 Å². The first-order valence-corrected chi connectivity index (χ1v) is 9.32. The molecule has 0 atom stereocenters. The van der Waals surface area contributed by atoms with Gasteiger partial charge in [-0.2, -0.15) is 0 Å². The molecule has 0 aliphatic carbocycles. The van der Waals surface area contributed by atoms with Gasteiger partial charge in [0.15, 0.2) is 0 Å². The molecule has 1 amide bonds. The second kappa shape index (κ2) is 7.57. The SMILES string of the molecule is O=C(Cc1csc(-c2ccncc2)n1)N1CCN(c2ncccn2)CC1. The monoisotopic (exact) mass is 366 g/mol. The Kier molecular flexibility index (Phi) is 4.83. The van der Waals surface area contributed by atoms with E-state index in [-0.39, 0.29) is 5.91 Å². The van der Waals surface area contributed by atoms with Crippen molar-refractivity contribution in [2.75, 3.05) is 31.1 Å². The molecule has 4 heterocycles. The summed E-state index contributed by atoms with van der Waals surface area (Å²) in [6, 6.07) is 5.65. The number of aromatic nitrogens is 4. The van der Waals surface area contributed by atoms with Crippen LogP contribution >= 0.6 is 11.3 Å². The van der Waals surface area contributed by atoms with Gasteiger partial charge in [-0.15, -0.1) is 11.3 Å². The number of amides is 1. The Morgan fingerprint density at radius 1 is 1.04 bits per heavy atom. The van der Waals surface area contributed by atoms with Gasteiger partial charge in [-0.25, -0.2) is 15.0 Å². The quantitative estimate of drug-likeness (QED) is 0.702. The maximum absolute atomic E-state index is 12.6. The van der Waals surface area contributed by atoms with Crippen LogP contribution in [-0.2, 0) is 11.2 Å². The highest BCUT2D eigenvalue weighted by Gasteiger charge is 2.23. The lowest BCUT2D eigenvalue weighted by Crippen LogP contribution is -2.49. The number of anilines is 1. The molecule has 0 saturated carbocycles. The van der Waals surface area contributed by atoms with Crippen molar-refractivity contribution in [3.8, 4) is 10.6 Å². The van der Waals surface area contributed by atoms with Crippen molar-refractivity contribution >= 4 is 23.2 Å². The van der Waals surface area contributed by atoms with Crippen LogP contribution < -0.4 is 4.90 Å². The topological polar surface area (TPSA) is 75.1 Å². The number of carbonyl (C=O) groups excluding carboxylic acids is 1. The van der Waals surface area contributed by atoms with E-state index in [4.69, 9.17) is 0 Å². The normalized spacial score (nSPS) is 14.5. The number of rotatable bonds is 4. The number of hydrogen-bond acceptors (Lipinski definition) is 7. The fourth-order valence-corrected chi connectivity index (χ4v) is 3.72. The Bertz CT molecular complexity index is 862. The third kappa shape index (κ3) is 3.70. The molecule has 0 spiro atoms. The predicted molar refractivity (Wildman–Crippen MR) is 99.9 cm³/mol. The van der Waals surface area contributed by atoms with Crippen LogP contribution in [0.4, 0.5) is 5.95 Å². The summed E-state index contributed by atoms with van der Waals surface area (Å²) in [6.07, 6.45) is 7.31. The molecule has 1 fully saturated rings. The van der Waals surface area contributed by atoms with E-state index in [1.807, 2.05) is 22.4 Å². The van der Waals surface area contributed by atoms with Crippen molar-refractivity contribution in [1.82, 2.24) is 24.8 Å². The summed E-state index contributed by atoms with van der Waals surface area (Å²) in [6.45, 7) is 2.85. The summed E-state index contributed by atoms with van der Waals surface area (Å²) >= 11 is 1.55. The lowest BCUT2D eigenvalue weighted by Gasteiger charge is -2.34. The number of nitrogens with zero attached hydrogens (tertiary/aromatic N) is 6. The lowest BCUT2D eigenvalue weighted by atomic mass is 10.2. The lowest BCUT2D eigenvalue weighted by molar-refractivity contribution is -0.130. The third-order valence-electron chi connectivity index (χ3n) is 4.28. The third-order valence-corrected chi connectivity index (χ3v) is 5.22. The highest BCUT2D eigenvalue weighted by Crippen LogP contribution is 2.23. The first-order chi connectivity index (χ1) is 12.8. The van der Waals surface area contributed by atoms with Gasteiger partial charge < -0.3 is 9.80 Å². The Hall–Kier alpha value is -2.87. The van der Waals surface area contributed by atoms with Crippen molar-refractivity contribution < 1.29 is 4.79 Å². The van der Waals surface area contributed by atoms with Crippen LogP contribution in [0.25, 0.3) is 10.6 Å². The maximum atomic E-state index is 12.6. The molecular formula is C18H18N6OS. The minimum Gasteiger partial charge on any atom is -0.339 e. The largest absolute Gasteiger partial charge is 0.339 e. The van der Waals surface area contributed by atoms with E-state index in [0.29, 0.717) is 19.5 Å². The van der Waals surface area contributed by atoms with E-state index in [2.05, 4.69) is 24.8 Å². The molecule has 132 valence electrons. The van der Waals surface area contributed by atoms with Crippen molar-refractivity contribution in [3.63, 3.8) is 0 Å². The van der Waals surface area contributed by atoms with Gasteiger partial charge in [0.25, 0.3) is 0 Å². The highest BCUT2D eigenvalue weighted by atomic mass is 32.1. The van der Waals surface area contributed by atoms with Gasteiger partial charge in [-0.05, 0) is 18.2 Å². The summed E-state index contributed by atoms with van der Waals surface area (Å²) in [5, 5.41) is 2.88. The molecule has 0 N–H and O–H groups in total. The van der Waals surface area contributed by atoms with E-state index in [9.17, 15) is 4.79 Å². The van der Waals surface area contributed by atoms with E-state index < -0.39 is 0 Å². The molecule has 0 aromatic carbocycles. The minimum absolute atomic E-state index is 0.116. The second-order valence-corrected chi connectivity index (χ2v) is 6.83. The van der Waals surface area contributed by atoms with Gasteiger partial charge >= 0.3 is 0 Å². The Balaban J connectivity index is 1.34. The van der Waals surface area contributed by atoms with Crippen molar-refractivity contribution in [1.29, 1.82) is 0 Å². The van der Waals surface area contributed by atoms with Crippen LogP contribution in [0.3, 0.4) is 0 Å². The highest BCUT2D eigenvalue weighted by molar-refractivity contribution is 7.13. The summed E-state index contributed by atoms with van der Waals surface area (Å²) in [5.74, 6) is 0.839. The van der Waals surface area contributed by atoms with Gasteiger partial charge in [0.1, 0.15) is 5.01 Å². The molecule has 1 aliphatic rings. The van der Waals surface area contributed by atoms with E-state index in [0.717, 1.165) is 35.3 Å². The van der Waals surface area contributed by atoms with Crippen LogP contribution in [0.15, 0.2) is 48.4 Å².